The summed E-state index contributed by atoms with van der Waals surface area (Å²) in [6.07, 6.45) is 3.31. The zero-order valence-corrected chi connectivity index (χ0v) is 23.2. The highest BCUT2D eigenvalue weighted by atomic mass is 16.1. The van der Waals surface area contributed by atoms with Gasteiger partial charge in [-0.2, -0.15) is 0 Å². The number of allylic oxidation sites excluding steroid dienone is 4. The molecule has 0 fully saturated rings. The number of nitrogens with one attached hydrogen (secondary N) is 2. The summed E-state index contributed by atoms with van der Waals surface area (Å²) >= 11 is 0. The van der Waals surface area contributed by atoms with E-state index < -0.39 is 11.1 Å². The molecule has 4 nitrogen and oxygen atoms in total. The maximum Gasteiger partial charge on any atom is 0.154 e. The van der Waals surface area contributed by atoms with E-state index in [1.165, 1.54) is 0 Å². The highest BCUT2D eigenvalue weighted by molar-refractivity contribution is 5.91. The number of hydrogen-bond donors (Lipinski definition) is 2. The van der Waals surface area contributed by atoms with Crippen molar-refractivity contribution in [2.45, 2.75) is 38.8 Å². The van der Waals surface area contributed by atoms with Gasteiger partial charge in [0.15, 0.2) is 11.6 Å². The molecule has 2 aliphatic rings. The van der Waals surface area contributed by atoms with Gasteiger partial charge < -0.3 is 10.6 Å². The largest absolute Gasteiger partial charge is 0.373 e. The van der Waals surface area contributed by atoms with Crippen LogP contribution in [-0.2, 0) is 20.7 Å². The second-order valence-corrected chi connectivity index (χ2v) is 10.8. The van der Waals surface area contributed by atoms with Crippen LogP contribution >= 0.6 is 0 Å². The van der Waals surface area contributed by atoms with Crippen LogP contribution in [-0.4, -0.2) is 11.6 Å². The maximum absolute atomic E-state index is 12.3. The fourth-order valence-electron chi connectivity index (χ4n) is 7.01. The number of ketones is 2. The third-order valence-corrected chi connectivity index (χ3v) is 8.08. The number of carbonyl (C=O) groups excluding carboxylic acids is 2. The van der Waals surface area contributed by atoms with Crippen LogP contribution in [0.4, 0.5) is 0 Å². The monoisotopic (exact) mass is 524 g/mol. The van der Waals surface area contributed by atoms with Crippen molar-refractivity contribution >= 4 is 11.6 Å². The zero-order valence-electron chi connectivity index (χ0n) is 23.2. The molecule has 0 atom stereocenters. The molecule has 0 bridgehead atoms. The summed E-state index contributed by atoms with van der Waals surface area (Å²) < 4.78 is 0. The van der Waals surface area contributed by atoms with Crippen LogP contribution in [0.3, 0.4) is 0 Å². The summed E-state index contributed by atoms with van der Waals surface area (Å²) in [5.41, 5.74) is 8.69. The molecule has 2 aliphatic carbocycles. The Morgan fingerprint density at radius 3 is 0.975 bits per heavy atom. The lowest BCUT2D eigenvalue weighted by atomic mass is 9.64. The first-order valence-corrected chi connectivity index (χ1v) is 13.6. The quantitative estimate of drug-likeness (QED) is 0.256. The number of hydrogen-bond acceptors (Lipinski definition) is 4. The zero-order chi connectivity index (χ0) is 28.1. The molecule has 6 rings (SSSR count). The fraction of sp³-hybridized carbons (Fsp3) is 0.167. The van der Waals surface area contributed by atoms with Crippen LogP contribution in [0.25, 0.3) is 22.3 Å². The van der Waals surface area contributed by atoms with Gasteiger partial charge in [0.05, 0.1) is 0 Å². The first-order valence-electron chi connectivity index (χ1n) is 13.6. The molecule has 0 aliphatic heterocycles. The second-order valence-electron chi connectivity index (χ2n) is 10.8. The third-order valence-electron chi connectivity index (χ3n) is 8.08. The van der Waals surface area contributed by atoms with Crippen molar-refractivity contribution in [3.8, 4) is 22.3 Å². The molecule has 40 heavy (non-hydrogen) atoms. The topological polar surface area (TPSA) is 58.2 Å². The first kappa shape index (κ1) is 25.6. The highest BCUT2D eigenvalue weighted by Gasteiger charge is 2.63. The van der Waals surface area contributed by atoms with Crippen LogP contribution < -0.4 is 10.6 Å². The Morgan fingerprint density at radius 2 is 0.725 bits per heavy atom. The lowest BCUT2D eigenvalue weighted by Gasteiger charge is -2.51. The van der Waals surface area contributed by atoms with Crippen molar-refractivity contribution in [1.29, 1.82) is 0 Å². The van der Waals surface area contributed by atoms with E-state index in [2.05, 4.69) is 108 Å². The van der Waals surface area contributed by atoms with Gasteiger partial charge in [-0.15, -0.1) is 0 Å². The van der Waals surface area contributed by atoms with Crippen molar-refractivity contribution in [3.63, 3.8) is 0 Å². The van der Waals surface area contributed by atoms with E-state index in [4.69, 9.17) is 0 Å². The van der Waals surface area contributed by atoms with E-state index in [-0.39, 0.29) is 11.6 Å². The van der Waals surface area contributed by atoms with Crippen molar-refractivity contribution < 1.29 is 9.59 Å². The Balaban J connectivity index is 1.83. The van der Waals surface area contributed by atoms with E-state index in [0.717, 1.165) is 55.9 Å². The number of rotatable bonds is 7. The highest BCUT2D eigenvalue weighted by Crippen LogP contribution is 2.63. The van der Waals surface area contributed by atoms with Gasteiger partial charge in [0, 0.05) is 11.4 Å². The first-order chi connectivity index (χ1) is 19.3. The smallest absolute Gasteiger partial charge is 0.154 e. The maximum atomic E-state index is 12.3. The molecule has 4 heteroatoms. The molecule has 0 saturated heterocycles. The summed E-state index contributed by atoms with van der Waals surface area (Å²) in [6.45, 7) is 7.04. The van der Waals surface area contributed by atoms with Gasteiger partial charge in [0.25, 0.3) is 0 Å². The molecule has 0 radical (unpaired) electrons. The second kappa shape index (κ2) is 9.49. The lowest BCUT2D eigenvalue weighted by molar-refractivity contribution is -0.113. The van der Waals surface area contributed by atoms with E-state index in [1.54, 1.807) is 26.0 Å². The summed E-state index contributed by atoms with van der Waals surface area (Å²) in [5, 5.41) is 7.85. The van der Waals surface area contributed by atoms with Gasteiger partial charge in [-0.25, -0.2) is 0 Å². The molecule has 0 amide bonds. The van der Waals surface area contributed by atoms with Gasteiger partial charge in [0.1, 0.15) is 11.1 Å². The van der Waals surface area contributed by atoms with Gasteiger partial charge in [-0.1, -0.05) is 97.1 Å². The summed E-state index contributed by atoms with van der Waals surface area (Å²) in [5.74, 6) is -0.0526. The van der Waals surface area contributed by atoms with Crippen LogP contribution in [0.15, 0.2) is 121 Å². The predicted octanol–water partition coefficient (Wildman–Crippen LogP) is 7.00. The number of benzene rings is 4. The van der Waals surface area contributed by atoms with Gasteiger partial charge >= 0.3 is 0 Å². The summed E-state index contributed by atoms with van der Waals surface area (Å²) in [6, 6.07) is 34.0. The fourth-order valence-corrected chi connectivity index (χ4v) is 7.01. The Morgan fingerprint density at radius 1 is 0.475 bits per heavy atom. The van der Waals surface area contributed by atoms with E-state index >= 15 is 0 Å². The summed E-state index contributed by atoms with van der Waals surface area (Å²) in [7, 11) is 0. The molecular weight excluding hydrogens is 492 g/mol. The molecule has 2 N–H and O–H groups in total. The van der Waals surface area contributed by atoms with Crippen LogP contribution in [0, 0.1) is 0 Å². The van der Waals surface area contributed by atoms with E-state index in [9.17, 15) is 9.59 Å². The van der Waals surface area contributed by atoms with Gasteiger partial charge in [-0.3, -0.25) is 9.59 Å². The molecule has 0 saturated carbocycles. The Hall–Kier alpha value is -4.70. The molecule has 0 aromatic heterocycles. The standard InChI is InChI=1S/C36H32N2O2/c1-23(21-25(3)39)37-35(31-17-9-5-13-27(31)28-14-6-10-18-32(28)35)36(38-24(2)22-26(4)40)33-19-11-7-15-29(33)30-16-8-12-20-34(30)36/h5-22,37-38H,1-4H3. The van der Waals surface area contributed by atoms with E-state index in [0.29, 0.717) is 0 Å². The summed E-state index contributed by atoms with van der Waals surface area (Å²) in [4.78, 5) is 24.7. The molecule has 0 spiro atoms. The molecule has 198 valence electrons. The average Bonchev–Trinajstić information content (AvgIpc) is 3.37. The lowest BCUT2D eigenvalue weighted by Crippen LogP contribution is -2.63. The molecular formula is C36H32N2O2. The van der Waals surface area contributed by atoms with Crippen LogP contribution in [0.5, 0.6) is 0 Å². The average molecular weight is 525 g/mol. The van der Waals surface area contributed by atoms with Crippen LogP contribution in [0.2, 0.25) is 0 Å². The van der Waals surface area contributed by atoms with Crippen molar-refractivity contribution in [3.05, 3.63) is 143 Å². The van der Waals surface area contributed by atoms with Crippen molar-refractivity contribution in [2.75, 3.05) is 0 Å². The SMILES string of the molecule is CC(=O)C=C(C)NC1(C2(NC(C)=CC(C)=O)c3ccccc3-c3ccccc32)c2ccccc2-c2ccccc21. The molecule has 0 unspecified atom stereocenters. The van der Waals surface area contributed by atoms with Crippen molar-refractivity contribution in [1.82, 2.24) is 10.6 Å². The molecule has 4 aromatic carbocycles. The third kappa shape index (κ3) is 3.60. The van der Waals surface area contributed by atoms with Gasteiger partial charge in [-0.05, 0) is 84.4 Å². The minimum Gasteiger partial charge on any atom is -0.373 e. The molecule has 0 heterocycles. The molecule has 4 aromatic rings. The Kier molecular flexibility index (Phi) is 6.07. The minimum absolute atomic E-state index is 0.0263. The number of carbonyl (C=O) groups is 2. The normalized spacial score (nSPS) is 15.9. The Bertz CT molecular complexity index is 1520. The van der Waals surface area contributed by atoms with Crippen molar-refractivity contribution in [2.24, 2.45) is 0 Å². The predicted molar refractivity (Wildman–Crippen MR) is 160 cm³/mol. The number of fused-ring (bicyclic) bond motifs is 6. The Labute approximate surface area is 235 Å². The van der Waals surface area contributed by atoms with Crippen LogP contribution in [0.1, 0.15) is 49.9 Å². The van der Waals surface area contributed by atoms with E-state index in [1.807, 2.05) is 13.8 Å². The van der Waals surface area contributed by atoms with Gasteiger partial charge in [0.2, 0.25) is 0 Å². The minimum atomic E-state index is -0.884.